The number of fused-ring (bicyclic) bond motifs is 2. The summed E-state index contributed by atoms with van der Waals surface area (Å²) in [4.78, 5) is 17.0. The van der Waals surface area contributed by atoms with E-state index in [1.807, 2.05) is 30.5 Å². The van der Waals surface area contributed by atoms with Gasteiger partial charge in [-0.2, -0.15) is 5.10 Å². The predicted octanol–water partition coefficient (Wildman–Crippen LogP) is 6.95. The first-order valence-electron chi connectivity index (χ1n) is 12.0. The van der Waals surface area contributed by atoms with Crippen molar-refractivity contribution in [3.63, 3.8) is 0 Å². The van der Waals surface area contributed by atoms with E-state index in [-0.39, 0.29) is 5.82 Å². The van der Waals surface area contributed by atoms with Gasteiger partial charge in [0.2, 0.25) is 0 Å². The van der Waals surface area contributed by atoms with Crippen molar-refractivity contribution in [3.05, 3.63) is 91.4 Å². The number of hydrogen-bond donors (Lipinski definition) is 3. The molecule has 1 aromatic carbocycles. The van der Waals surface area contributed by atoms with Gasteiger partial charge in [0.1, 0.15) is 11.5 Å². The molecule has 0 spiro atoms. The summed E-state index contributed by atoms with van der Waals surface area (Å²) in [6, 6.07) is 14.4. The second-order valence-electron chi connectivity index (χ2n) is 9.27. The minimum atomic E-state index is -0.300. The minimum absolute atomic E-state index is 0.300. The molecule has 0 saturated heterocycles. The molecule has 0 aliphatic carbocycles. The van der Waals surface area contributed by atoms with Crippen LogP contribution in [-0.4, -0.2) is 30.1 Å². The number of nitrogens with zero attached hydrogens (tertiary/aromatic N) is 4. The summed E-state index contributed by atoms with van der Waals surface area (Å²) in [5.41, 5.74) is 8.18. The molecule has 6 rings (SSSR count). The molecule has 182 valence electrons. The van der Waals surface area contributed by atoms with Gasteiger partial charge in [-0.3, -0.25) is 15.1 Å². The highest BCUT2D eigenvalue weighted by Gasteiger charge is 2.16. The zero-order chi connectivity index (χ0) is 25.5. The normalized spacial score (nSPS) is 11.5. The fraction of sp³-hybridized carbons (Fsp3) is 0.103. The Labute approximate surface area is 212 Å². The molecule has 0 bridgehead atoms. The Morgan fingerprint density at radius 2 is 1.78 bits per heavy atom. The van der Waals surface area contributed by atoms with Gasteiger partial charge in [0.25, 0.3) is 0 Å². The Kier molecular flexibility index (Phi) is 5.49. The third kappa shape index (κ3) is 4.23. The smallest absolute Gasteiger partial charge is 0.155 e. The summed E-state index contributed by atoms with van der Waals surface area (Å²) >= 11 is 0. The van der Waals surface area contributed by atoms with Crippen LogP contribution in [0.3, 0.4) is 0 Å². The SMILES string of the molecule is C=C(Nc1cncc(-c2cnc3[nH]nc(-c4cc5c(-c6cccc(F)c6)nccc5[nH]4)c3c2)c1)C(C)C. The monoisotopic (exact) mass is 489 g/mol. The van der Waals surface area contributed by atoms with Crippen LogP contribution in [0.2, 0.25) is 0 Å². The van der Waals surface area contributed by atoms with E-state index in [2.05, 4.69) is 61.9 Å². The number of H-pyrrole nitrogens is 2. The number of hydrogen-bond acceptors (Lipinski definition) is 5. The first-order chi connectivity index (χ1) is 18.0. The van der Waals surface area contributed by atoms with Gasteiger partial charge >= 0.3 is 0 Å². The average Bonchev–Trinajstić information content (AvgIpc) is 3.52. The Balaban J connectivity index is 1.41. The maximum atomic E-state index is 13.9. The van der Waals surface area contributed by atoms with Crippen molar-refractivity contribution >= 4 is 27.6 Å². The lowest BCUT2D eigenvalue weighted by Gasteiger charge is -2.13. The Morgan fingerprint density at radius 1 is 0.919 bits per heavy atom. The zero-order valence-electron chi connectivity index (χ0n) is 20.4. The van der Waals surface area contributed by atoms with Crippen LogP contribution >= 0.6 is 0 Å². The van der Waals surface area contributed by atoms with E-state index < -0.39 is 0 Å². The molecule has 0 amide bonds. The Hall–Kier alpha value is -4.85. The van der Waals surface area contributed by atoms with Gasteiger partial charge in [-0.1, -0.05) is 32.6 Å². The molecule has 3 N–H and O–H groups in total. The molecule has 37 heavy (non-hydrogen) atoms. The Morgan fingerprint density at radius 3 is 2.62 bits per heavy atom. The quantitative estimate of drug-likeness (QED) is 0.235. The van der Waals surface area contributed by atoms with E-state index in [1.54, 1.807) is 24.7 Å². The van der Waals surface area contributed by atoms with Gasteiger partial charge in [-0.05, 0) is 42.3 Å². The third-order valence-corrected chi connectivity index (χ3v) is 6.39. The van der Waals surface area contributed by atoms with E-state index in [4.69, 9.17) is 0 Å². The molecule has 0 aliphatic heterocycles. The largest absolute Gasteiger partial charge is 0.358 e. The van der Waals surface area contributed by atoms with Crippen molar-refractivity contribution < 1.29 is 4.39 Å². The maximum absolute atomic E-state index is 13.9. The summed E-state index contributed by atoms with van der Waals surface area (Å²) in [5.74, 6) is 0.00865. The molecule has 0 saturated carbocycles. The summed E-state index contributed by atoms with van der Waals surface area (Å²) < 4.78 is 13.9. The van der Waals surface area contributed by atoms with Crippen molar-refractivity contribution in [3.8, 4) is 33.8 Å². The minimum Gasteiger partial charge on any atom is -0.358 e. The van der Waals surface area contributed by atoms with Crippen LogP contribution in [-0.2, 0) is 0 Å². The molecular formula is C29H24FN7. The summed E-state index contributed by atoms with van der Waals surface area (Å²) in [6.45, 7) is 8.27. The van der Waals surface area contributed by atoms with Crippen molar-refractivity contribution in [2.45, 2.75) is 13.8 Å². The molecule has 0 radical (unpaired) electrons. The van der Waals surface area contributed by atoms with Crippen molar-refractivity contribution in [2.24, 2.45) is 5.92 Å². The molecule has 0 atom stereocenters. The van der Waals surface area contributed by atoms with Crippen LogP contribution in [0.4, 0.5) is 10.1 Å². The standard InChI is InChI=1S/C29H24FN7/c1-16(2)17(3)34-22-10-19(13-31-15-22)20-11-24-28(36-37-29(24)33-14-20)26-12-23-25(35-26)7-8-32-27(23)18-5-4-6-21(30)9-18/h4-16,34-35H,3H2,1-2H3,(H,33,36,37). The van der Waals surface area contributed by atoms with Gasteiger partial charge in [-0.15, -0.1) is 0 Å². The van der Waals surface area contributed by atoms with Crippen LogP contribution in [0.15, 0.2) is 85.6 Å². The van der Waals surface area contributed by atoms with Crippen LogP contribution in [0.25, 0.3) is 55.7 Å². The molecule has 5 aromatic heterocycles. The number of aromatic nitrogens is 6. The van der Waals surface area contributed by atoms with E-state index in [0.29, 0.717) is 22.8 Å². The van der Waals surface area contributed by atoms with Crippen molar-refractivity contribution in [1.29, 1.82) is 0 Å². The van der Waals surface area contributed by atoms with Gasteiger partial charge in [0.05, 0.1) is 23.3 Å². The van der Waals surface area contributed by atoms with E-state index in [9.17, 15) is 4.39 Å². The van der Waals surface area contributed by atoms with Crippen molar-refractivity contribution in [1.82, 2.24) is 30.1 Å². The van der Waals surface area contributed by atoms with Crippen molar-refractivity contribution in [2.75, 3.05) is 5.32 Å². The molecule has 0 fully saturated rings. The molecule has 5 heterocycles. The first kappa shape index (κ1) is 22.6. The van der Waals surface area contributed by atoms with Crippen LogP contribution in [0, 0.1) is 11.7 Å². The summed E-state index contributed by atoms with van der Waals surface area (Å²) in [6.07, 6.45) is 7.11. The van der Waals surface area contributed by atoms with Gasteiger partial charge < -0.3 is 10.3 Å². The number of nitrogens with one attached hydrogen (secondary N) is 3. The second kappa shape index (κ2) is 8.98. The maximum Gasteiger partial charge on any atom is 0.155 e. The predicted molar refractivity (Wildman–Crippen MR) is 145 cm³/mol. The van der Waals surface area contributed by atoms with Gasteiger partial charge in [0.15, 0.2) is 5.65 Å². The number of benzene rings is 1. The van der Waals surface area contributed by atoms with E-state index in [0.717, 1.165) is 50.2 Å². The Bertz CT molecular complexity index is 1780. The highest BCUT2D eigenvalue weighted by molar-refractivity contribution is 6.00. The van der Waals surface area contributed by atoms with E-state index >= 15 is 0 Å². The highest BCUT2D eigenvalue weighted by atomic mass is 19.1. The lowest BCUT2D eigenvalue weighted by molar-refractivity contribution is 0.628. The average molecular weight is 490 g/mol. The number of pyridine rings is 3. The van der Waals surface area contributed by atoms with E-state index in [1.165, 1.54) is 12.1 Å². The van der Waals surface area contributed by atoms with Gasteiger partial charge in [0, 0.05) is 57.3 Å². The van der Waals surface area contributed by atoms with Crippen LogP contribution in [0.1, 0.15) is 13.8 Å². The zero-order valence-corrected chi connectivity index (χ0v) is 20.4. The lowest BCUT2D eigenvalue weighted by Crippen LogP contribution is -2.04. The number of halogens is 1. The van der Waals surface area contributed by atoms with Crippen LogP contribution < -0.4 is 5.32 Å². The number of allylic oxidation sites excluding steroid dienone is 1. The fourth-order valence-corrected chi connectivity index (χ4v) is 4.31. The molecule has 7 nitrogen and oxygen atoms in total. The fourth-order valence-electron chi connectivity index (χ4n) is 4.31. The first-order valence-corrected chi connectivity index (χ1v) is 12.0. The molecule has 8 heteroatoms. The lowest BCUT2D eigenvalue weighted by atomic mass is 10.1. The molecule has 0 unspecified atom stereocenters. The molecular weight excluding hydrogens is 465 g/mol. The molecule has 6 aromatic rings. The highest BCUT2D eigenvalue weighted by Crippen LogP contribution is 2.34. The summed E-state index contributed by atoms with van der Waals surface area (Å²) in [5, 5.41) is 12.7. The van der Waals surface area contributed by atoms with Gasteiger partial charge in [-0.25, -0.2) is 9.37 Å². The third-order valence-electron chi connectivity index (χ3n) is 6.39. The second-order valence-corrected chi connectivity index (χ2v) is 9.27. The number of anilines is 1. The number of rotatable bonds is 6. The van der Waals surface area contributed by atoms with Crippen LogP contribution in [0.5, 0.6) is 0 Å². The molecule has 0 aliphatic rings. The number of aromatic amines is 2. The topological polar surface area (TPSA) is 95.2 Å². The summed E-state index contributed by atoms with van der Waals surface area (Å²) in [7, 11) is 0.